The predicted molar refractivity (Wildman–Crippen MR) is 82.3 cm³/mol. The second-order valence-electron chi connectivity index (χ2n) is 5.15. The Morgan fingerprint density at radius 3 is 2.50 bits per heavy atom. The van der Waals surface area contributed by atoms with E-state index in [4.69, 9.17) is 4.74 Å². The van der Waals surface area contributed by atoms with Crippen molar-refractivity contribution in [3.05, 3.63) is 58.4 Å². The van der Waals surface area contributed by atoms with Gasteiger partial charge in [0.1, 0.15) is 5.75 Å². The van der Waals surface area contributed by atoms with Crippen LogP contribution in [0.3, 0.4) is 0 Å². The maximum atomic E-state index is 5.60. The molecule has 1 unspecified atom stereocenters. The SMILES string of the molecule is CNC(c1ccncc1C)c1c(C)cc(C)cc1OC. The quantitative estimate of drug-likeness (QED) is 0.925. The van der Waals surface area contributed by atoms with E-state index in [0.717, 1.165) is 5.75 Å². The highest BCUT2D eigenvalue weighted by molar-refractivity contribution is 5.49. The van der Waals surface area contributed by atoms with Crippen LogP contribution >= 0.6 is 0 Å². The molecule has 2 aromatic rings. The average Bonchev–Trinajstić information content (AvgIpc) is 2.43. The summed E-state index contributed by atoms with van der Waals surface area (Å²) >= 11 is 0. The average molecular weight is 270 g/mol. The van der Waals surface area contributed by atoms with Crippen molar-refractivity contribution in [3.63, 3.8) is 0 Å². The van der Waals surface area contributed by atoms with Gasteiger partial charge < -0.3 is 10.1 Å². The van der Waals surface area contributed by atoms with Crippen LogP contribution in [-0.2, 0) is 0 Å². The lowest BCUT2D eigenvalue weighted by molar-refractivity contribution is 0.404. The molecule has 106 valence electrons. The van der Waals surface area contributed by atoms with Gasteiger partial charge in [-0.3, -0.25) is 4.98 Å². The summed E-state index contributed by atoms with van der Waals surface area (Å²) in [7, 11) is 3.70. The van der Waals surface area contributed by atoms with Crippen molar-refractivity contribution in [2.24, 2.45) is 0 Å². The lowest BCUT2D eigenvalue weighted by Crippen LogP contribution is -2.20. The van der Waals surface area contributed by atoms with Crippen molar-refractivity contribution in [2.45, 2.75) is 26.8 Å². The van der Waals surface area contributed by atoms with E-state index in [1.807, 2.05) is 19.4 Å². The topological polar surface area (TPSA) is 34.2 Å². The highest BCUT2D eigenvalue weighted by Crippen LogP contribution is 2.34. The molecule has 0 saturated heterocycles. The van der Waals surface area contributed by atoms with Gasteiger partial charge >= 0.3 is 0 Å². The van der Waals surface area contributed by atoms with Gasteiger partial charge in [-0.2, -0.15) is 0 Å². The van der Waals surface area contributed by atoms with E-state index in [1.54, 1.807) is 7.11 Å². The molecule has 1 heterocycles. The molecule has 1 aromatic carbocycles. The Labute approximate surface area is 121 Å². The first kappa shape index (κ1) is 14.5. The minimum absolute atomic E-state index is 0.105. The molecule has 3 nitrogen and oxygen atoms in total. The van der Waals surface area contributed by atoms with Crippen molar-refractivity contribution in [1.29, 1.82) is 0 Å². The van der Waals surface area contributed by atoms with Gasteiger partial charge in [-0.15, -0.1) is 0 Å². The Kier molecular flexibility index (Phi) is 4.40. The summed E-state index contributed by atoms with van der Waals surface area (Å²) < 4.78 is 5.60. The Morgan fingerprint density at radius 1 is 1.15 bits per heavy atom. The van der Waals surface area contributed by atoms with Gasteiger partial charge in [-0.1, -0.05) is 6.07 Å². The number of hydrogen-bond donors (Lipinski definition) is 1. The van der Waals surface area contributed by atoms with E-state index in [9.17, 15) is 0 Å². The molecule has 0 aliphatic heterocycles. The van der Waals surface area contributed by atoms with Crippen LogP contribution in [0.4, 0.5) is 0 Å². The van der Waals surface area contributed by atoms with Crippen LogP contribution < -0.4 is 10.1 Å². The molecule has 0 saturated carbocycles. The molecule has 0 spiro atoms. The molecule has 0 bridgehead atoms. The minimum Gasteiger partial charge on any atom is -0.496 e. The van der Waals surface area contributed by atoms with Crippen molar-refractivity contribution >= 4 is 0 Å². The van der Waals surface area contributed by atoms with Crippen molar-refractivity contribution in [3.8, 4) is 5.75 Å². The van der Waals surface area contributed by atoms with Crippen LogP contribution in [0.2, 0.25) is 0 Å². The van der Waals surface area contributed by atoms with Gasteiger partial charge in [0.2, 0.25) is 0 Å². The molecule has 0 aliphatic rings. The Hall–Kier alpha value is -1.87. The molecule has 2 rings (SSSR count). The zero-order valence-electron chi connectivity index (χ0n) is 12.8. The number of benzene rings is 1. The van der Waals surface area contributed by atoms with Crippen molar-refractivity contribution in [1.82, 2.24) is 10.3 Å². The smallest absolute Gasteiger partial charge is 0.124 e. The van der Waals surface area contributed by atoms with Crippen LogP contribution in [0.25, 0.3) is 0 Å². The molecule has 0 aliphatic carbocycles. The van der Waals surface area contributed by atoms with Crippen molar-refractivity contribution in [2.75, 3.05) is 14.2 Å². The lowest BCUT2D eigenvalue weighted by atomic mass is 9.91. The summed E-state index contributed by atoms with van der Waals surface area (Å²) in [5.74, 6) is 0.929. The molecule has 0 amide bonds. The normalized spacial score (nSPS) is 12.2. The first-order valence-electron chi connectivity index (χ1n) is 6.81. The van der Waals surface area contributed by atoms with E-state index in [2.05, 4.69) is 49.3 Å². The minimum atomic E-state index is 0.105. The Balaban J connectivity index is 2.61. The fourth-order valence-electron chi connectivity index (χ4n) is 2.74. The summed E-state index contributed by atoms with van der Waals surface area (Å²) in [6.07, 6.45) is 3.73. The summed E-state index contributed by atoms with van der Waals surface area (Å²) in [4.78, 5) is 4.18. The molecular formula is C17H22N2O. The Morgan fingerprint density at radius 2 is 1.90 bits per heavy atom. The summed E-state index contributed by atoms with van der Waals surface area (Å²) in [6.45, 7) is 6.31. The largest absolute Gasteiger partial charge is 0.496 e. The lowest BCUT2D eigenvalue weighted by Gasteiger charge is -2.23. The van der Waals surface area contributed by atoms with E-state index in [1.165, 1.54) is 27.8 Å². The van der Waals surface area contributed by atoms with Gasteiger partial charge in [0.05, 0.1) is 13.2 Å². The number of ether oxygens (including phenoxy) is 1. The molecule has 3 heteroatoms. The standard InChI is InChI=1S/C17H22N2O/c1-11-8-12(2)16(15(9-11)20-5)17(18-4)14-6-7-19-10-13(14)3/h6-10,17-18H,1-5H3. The highest BCUT2D eigenvalue weighted by atomic mass is 16.5. The number of methoxy groups -OCH3 is 1. The fourth-order valence-corrected chi connectivity index (χ4v) is 2.74. The molecule has 0 radical (unpaired) electrons. The van der Waals surface area contributed by atoms with Gasteiger partial charge in [0.25, 0.3) is 0 Å². The maximum absolute atomic E-state index is 5.60. The number of nitrogens with one attached hydrogen (secondary N) is 1. The van der Waals surface area contributed by atoms with Crippen molar-refractivity contribution < 1.29 is 4.74 Å². The number of aryl methyl sites for hydroxylation is 3. The molecule has 1 atom stereocenters. The summed E-state index contributed by atoms with van der Waals surface area (Å²) in [5, 5.41) is 3.40. The van der Waals surface area contributed by atoms with Crippen LogP contribution in [0.1, 0.15) is 33.9 Å². The monoisotopic (exact) mass is 270 g/mol. The number of hydrogen-bond acceptors (Lipinski definition) is 3. The van der Waals surface area contributed by atoms with Gasteiger partial charge in [-0.05, 0) is 62.2 Å². The Bertz CT molecular complexity index is 608. The van der Waals surface area contributed by atoms with E-state index in [-0.39, 0.29) is 6.04 Å². The number of aromatic nitrogens is 1. The molecule has 1 N–H and O–H groups in total. The number of pyridine rings is 1. The zero-order valence-corrected chi connectivity index (χ0v) is 12.8. The van der Waals surface area contributed by atoms with Gasteiger partial charge in [0, 0.05) is 18.0 Å². The first-order valence-corrected chi connectivity index (χ1v) is 6.81. The third kappa shape index (κ3) is 2.68. The fraction of sp³-hybridized carbons (Fsp3) is 0.353. The third-order valence-corrected chi connectivity index (χ3v) is 3.67. The van der Waals surface area contributed by atoms with E-state index < -0.39 is 0 Å². The molecular weight excluding hydrogens is 248 g/mol. The number of nitrogens with zero attached hydrogens (tertiary/aromatic N) is 1. The number of rotatable bonds is 4. The van der Waals surface area contributed by atoms with Crippen LogP contribution in [0.5, 0.6) is 5.75 Å². The summed E-state index contributed by atoms with van der Waals surface area (Å²) in [5.41, 5.74) is 6.04. The van der Waals surface area contributed by atoms with Gasteiger partial charge in [-0.25, -0.2) is 0 Å². The molecule has 20 heavy (non-hydrogen) atoms. The first-order chi connectivity index (χ1) is 9.58. The van der Waals surface area contributed by atoms with Crippen LogP contribution in [0, 0.1) is 20.8 Å². The third-order valence-electron chi connectivity index (χ3n) is 3.67. The second kappa shape index (κ2) is 6.06. The summed E-state index contributed by atoms with van der Waals surface area (Å²) in [6, 6.07) is 6.45. The van der Waals surface area contributed by atoms with Gasteiger partial charge in [0.15, 0.2) is 0 Å². The molecule has 0 fully saturated rings. The van der Waals surface area contributed by atoms with Crippen LogP contribution in [-0.4, -0.2) is 19.1 Å². The second-order valence-corrected chi connectivity index (χ2v) is 5.15. The maximum Gasteiger partial charge on any atom is 0.124 e. The van der Waals surface area contributed by atoms with E-state index >= 15 is 0 Å². The predicted octanol–water partition coefficient (Wildman–Crippen LogP) is 3.32. The van der Waals surface area contributed by atoms with Crippen LogP contribution in [0.15, 0.2) is 30.6 Å². The highest BCUT2D eigenvalue weighted by Gasteiger charge is 2.20. The zero-order chi connectivity index (χ0) is 14.7. The van der Waals surface area contributed by atoms with E-state index in [0.29, 0.717) is 0 Å². The molecule has 1 aromatic heterocycles.